The van der Waals surface area contributed by atoms with Crippen molar-refractivity contribution in [1.29, 1.82) is 0 Å². The zero-order valence-corrected chi connectivity index (χ0v) is 23.1. The molecule has 8 nitrogen and oxygen atoms in total. The smallest absolute Gasteiger partial charge is 0.268 e. The van der Waals surface area contributed by atoms with Gasteiger partial charge in [-0.2, -0.15) is 0 Å². The number of fused-ring (bicyclic) bond motifs is 2. The summed E-state index contributed by atoms with van der Waals surface area (Å²) in [6.45, 7) is 2.65. The molecule has 39 heavy (non-hydrogen) atoms. The van der Waals surface area contributed by atoms with Crippen molar-refractivity contribution >= 4 is 5.91 Å². The molecule has 1 N–H and O–H groups in total. The van der Waals surface area contributed by atoms with Crippen LogP contribution in [0.1, 0.15) is 52.9 Å². The van der Waals surface area contributed by atoms with Crippen LogP contribution < -0.4 is 25.0 Å². The number of piperidine rings is 1. The minimum absolute atomic E-state index is 0.100. The van der Waals surface area contributed by atoms with Gasteiger partial charge in [0.05, 0.1) is 20.4 Å². The van der Waals surface area contributed by atoms with Crippen molar-refractivity contribution in [3.05, 3.63) is 87.3 Å². The second-order valence-electron chi connectivity index (χ2n) is 10.6. The predicted octanol–water partition coefficient (Wildman–Crippen LogP) is 4.16. The molecule has 3 heterocycles. The zero-order valence-electron chi connectivity index (χ0n) is 23.1. The highest BCUT2D eigenvalue weighted by Crippen LogP contribution is 2.34. The number of aryl methyl sites for hydroxylation is 1. The lowest BCUT2D eigenvalue weighted by atomic mass is 9.98. The van der Waals surface area contributed by atoms with Crippen molar-refractivity contribution in [1.82, 2.24) is 14.8 Å². The van der Waals surface area contributed by atoms with Gasteiger partial charge in [-0.05, 0) is 80.6 Å². The van der Waals surface area contributed by atoms with Crippen LogP contribution >= 0.6 is 0 Å². The lowest BCUT2D eigenvalue weighted by Gasteiger charge is -2.36. The molecule has 2 aromatic carbocycles. The van der Waals surface area contributed by atoms with Crippen LogP contribution in [0.15, 0.2) is 59.5 Å². The van der Waals surface area contributed by atoms with E-state index in [1.165, 1.54) is 18.9 Å². The number of carbonyl (C=O) groups is 1. The maximum atomic E-state index is 13.6. The van der Waals surface area contributed by atoms with Crippen molar-refractivity contribution in [3.63, 3.8) is 0 Å². The molecule has 3 aromatic rings. The van der Waals surface area contributed by atoms with Crippen molar-refractivity contribution in [2.24, 2.45) is 0 Å². The van der Waals surface area contributed by atoms with E-state index < -0.39 is 0 Å². The number of nitrogens with zero attached hydrogens (tertiary/aromatic N) is 2. The van der Waals surface area contributed by atoms with Crippen LogP contribution in [0.5, 0.6) is 17.2 Å². The topological polar surface area (TPSA) is 82.0 Å². The molecule has 8 heteroatoms. The van der Waals surface area contributed by atoms with Gasteiger partial charge < -0.3 is 29.0 Å². The van der Waals surface area contributed by atoms with Gasteiger partial charge in [-0.15, -0.1) is 0 Å². The van der Waals surface area contributed by atoms with Gasteiger partial charge in [0.1, 0.15) is 23.8 Å². The Hall–Kier alpha value is -3.78. The number of hydrogen-bond donors (Lipinski definition) is 1. The standard InChI is InChI=1S/C31H37N3O5/c1-20-13-27(38-4)12-7-22(20)17-34-18-30(39-19-21-5-10-26(37-3)11-6-21)29(35)16-28(34)31(36)32-23-14-24-8-9-25(15-23)33(24)2/h5-7,10-13,16,18,23-25H,8-9,14-15,17,19H2,1-4H3,(H,32,36)/t23?,24-,25+. The Balaban J connectivity index is 1.40. The van der Waals surface area contributed by atoms with Crippen LogP contribution in [0, 0.1) is 6.92 Å². The highest BCUT2D eigenvalue weighted by Gasteiger charge is 2.39. The van der Waals surface area contributed by atoms with Crippen LogP contribution in [-0.4, -0.2) is 54.8 Å². The molecular formula is C31H37N3O5. The molecule has 2 bridgehead atoms. The first-order chi connectivity index (χ1) is 18.8. The molecule has 2 aliphatic heterocycles. The summed E-state index contributed by atoms with van der Waals surface area (Å²) in [6, 6.07) is 15.9. The highest BCUT2D eigenvalue weighted by molar-refractivity contribution is 5.93. The number of carbonyl (C=O) groups excluding carboxylic acids is 1. The molecule has 1 amide bonds. The zero-order chi connectivity index (χ0) is 27.5. The predicted molar refractivity (Wildman–Crippen MR) is 150 cm³/mol. The Labute approximate surface area is 229 Å². The number of nitrogens with one attached hydrogen (secondary N) is 1. The van der Waals surface area contributed by atoms with Crippen LogP contribution in [-0.2, 0) is 13.2 Å². The lowest BCUT2D eigenvalue weighted by Crippen LogP contribution is -2.49. The summed E-state index contributed by atoms with van der Waals surface area (Å²) in [5.41, 5.74) is 2.98. The Bertz CT molecular complexity index is 1370. The first-order valence-corrected chi connectivity index (χ1v) is 13.5. The summed E-state index contributed by atoms with van der Waals surface area (Å²) in [7, 11) is 5.44. The normalized spacial score (nSPS) is 20.5. The number of hydrogen-bond acceptors (Lipinski definition) is 6. The van der Waals surface area contributed by atoms with Crippen molar-refractivity contribution < 1.29 is 19.0 Å². The van der Waals surface area contributed by atoms with Crippen LogP contribution in [0.2, 0.25) is 0 Å². The van der Waals surface area contributed by atoms with Gasteiger partial charge in [-0.3, -0.25) is 9.59 Å². The summed E-state index contributed by atoms with van der Waals surface area (Å²) < 4.78 is 18.3. The van der Waals surface area contributed by atoms with Crippen molar-refractivity contribution in [3.8, 4) is 17.2 Å². The SMILES string of the molecule is COc1ccc(COc2cn(Cc3ccc(OC)cc3C)c(C(=O)NC3C[C@H]4CC[C@@H](C3)N4C)cc2=O)cc1. The number of benzene rings is 2. The molecule has 1 aromatic heterocycles. The molecule has 0 saturated carbocycles. The molecule has 2 saturated heterocycles. The second kappa shape index (κ2) is 11.5. The van der Waals surface area contributed by atoms with Gasteiger partial charge in [-0.1, -0.05) is 18.2 Å². The third-order valence-corrected chi connectivity index (χ3v) is 8.20. The van der Waals surface area contributed by atoms with Gasteiger partial charge in [0.2, 0.25) is 5.43 Å². The van der Waals surface area contributed by atoms with E-state index in [4.69, 9.17) is 14.2 Å². The van der Waals surface area contributed by atoms with Gasteiger partial charge in [-0.25, -0.2) is 0 Å². The van der Waals surface area contributed by atoms with Crippen LogP contribution in [0.3, 0.4) is 0 Å². The van der Waals surface area contributed by atoms with E-state index in [-0.39, 0.29) is 29.7 Å². The fraction of sp³-hybridized carbons (Fsp3) is 0.419. The first kappa shape index (κ1) is 26.8. The van der Waals surface area contributed by atoms with E-state index in [9.17, 15) is 9.59 Å². The van der Waals surface area contributed by atoms with Crippen molar-refractivity contribution in [2.75, 3.05) is 21.3 Å². The number of aromatic nitrogens is 1. The fourth-order valence-corrected chi connectivity index (χ4v) is 5.82. The maximum Gasteiger partial charge on any atom is 0.268 e. The van der Waals surface area contributed by atoms with E-state index in [1.807, 2.05) is 54.0 Å². The minimum Gasteiger partial charge on any atom is -0.497 e. The first-order valence-electron chi connectivity index (χ1n) is 13.5. The summed E-state index contributed by atoms with van der Waals surface area (Å²) in [5, 5.41) is 3.23. The molecule has 1 unspecified atom stereocenters. The van der Waals surface area contributed by atoms with Gasteiger partial charge in [0.25, 0.3) is 5.91 Å². The van der Waals surface area contributed by atoms with E-state index >= 15 is 0 Å². The third-order valence-electron chi connectivity index (χ3n) is 8.20. The molecule has 206 valence electrons. The maximum absolute atomic E-state index is 13.6. The van der Waals surface area contributed by atoms with E-state index in [1.54, 1.807) is 20.4 Å². The summed E-state index contributed by atoms with van der Waals surface area (Å²) in [5.74, 6) is 1.50. The number of rotatable bonds is 9. The molecule has 3 atom stereocenters. The molecule has 0 radical (unpaired) electrons. The van der Waals surface area contributed by atoms with Gasteiger partial charge >= 0.3 is 0 Å². The average molecular weight is 532 g/mol. The Morgan fingerprint density at radius 3 is 2.28 bits per heavy atom. The molecule has 2 fully saturated rings. The Kier molecular flexibility index (Phi) is 7.93. The fourth-order valence-electron chi connectivity index (χ4n) is 5.82. The summed E-state index contributed by atoms with van der Waals surface area (Å²) in [6.07, 6.45) is 5.88. The van der Waals surface area contributed by atoms with Crippen LogP contribution in [0.25, 0.3) is 0 Å². The quantitative estimate of drug-likeness (QED) is 0.447. The van der Waals surface area contributed by atoms with E-state index in [0.717, 1.165) is 41.0 Å². The summed E-state index contributed by atoms with van der Waals surface area (Å²) in [4.78, 5) is 29.1. The van der Waals surface area contributed by atoms with Gasteiger partial charge in [0.15, 0.2) is 5.75 Å². The molecule has 2 aliphatic rings. The minimum atomic E-state index is -0.320. The highest BCUT2D eigenvalue weighted by atomic mass is 16.5. The second-order valence-corrected chi connectivity index (χ2v) is 10.6. The van der Waals surface area contributed by atoms with E-state index in [0.29, 0.717) is 24.3 Å². The Morgan fingerprint density at radius 1 is 0.974 bits per heavy atom. The number of methoxy groups -OCH3 is 2. The van der Waals surface area contributed by atoms with Gasteiger partial charge in [0, 0.05) is 30.7 Å². The third kappa shape index (κ3) is 5.96. The largest absolute Gasteiger partial charge is 0.497 e. The average Bonchev–Trinajstić information content (AvgIpc) is 3.14. The molecule has 5 rings (SSSR count). The number of amides is 1. The molecule has 0 aliphatic carbocycles. The summed E-state index contributed by atoms with van der Waals surface area (Å²) >= 11 is 0. The number of pyridine rings is 1. The number of ether oxygens (including phenoxy) is 3. The Morgan fingerprint density at radius 2 is 1.64 bits per heavy atom. The molecular weight excluding hydrogens is 494 g/mol. The monoisotopic (exact) mass is 531 g/mol. The van der Waals surface area contributed by atoms with E-state index in [2.05, 4.69) is 17.3 Å². The molecule has 0 spiro atoms. The van der Waals surface area contributed by atoms with Crippen molar-refractivity contribution in [2.45, 2.75) is 63.9 Å². The van der Waals surface area contributed by atoms with Crippen LogP contribution in [0.4, 0.5) is 0 Å². The lowest BCUT2D eigenvalue weighted by molar-refractivity contribution is 0.0872.